The van der Waals surface area contributed by atoms with Crippen molar-refractivity contribution in [2.45, 2.75) is 32.4 Å². The van der Waals surface area contributed by atoms with Gasteiger partial charge in [-0.2, -0.15) is 0 Å². The van der Waals surface area contributed by atoms with Gasteiger partial charge in [-0.3, -0.25) is 4.79 Å². The van der Waals surface area contributed by atoms with Crippen LogP contribution in [0.25, 0.3) is 0 Å². The second-order valence-electron chi connectivity index (χ2n) is 6.83. The standard InChI is InChI=1S/C17H24Cl2N2O3S/c1-12(2)9-20-17(22)13-4-3-7-21(10-13)25(23,24)11-14-5-6-15(18)8-16(14)19/h5-6,8,12-13H,3-4,7,9-11H2,1-2H3,(H,20,22). The molecule has 0 radical (unpaired) electrons. The van der Waals surface area contributed by atoms with Crippen LogP contribution in [0.3, 0.4) is 0 Å². The Morgan fingerprint density at radius 1 is 1.36 bits per heavy atom. The first-order valence-electron chi connectivity index (χ1n) is 8.38. The molecule has 0 aromatic heterocycles. The summed E-state index contributed by atoms with van der Waals surface area (Å²) in [4.78, 5) is 12.3. The number of amides is 1. The summed E-state index contributed by atoms with van der Waals surface area (Å²) in [6, 6.07) is 4.78. The topological polar surface area (TPSA) is 66.5 Å². The number of carbonyl (C=O) groups is 1. The SMILES string of the molecule is CC(C)CNC(=O)C1CCCN(S(=O)(=O)Cc2ccc(Cl)cc2Cl)C1. The summed E-state index contributed by atoms with van der Waals surface area (Å²) >= 11 is 11.9. The molecule has 8 heteroatoms. The Hall–Kier alpha value is -0.820. The van der Waals surface area contributed by atoms with Gasteiger partial charge in [0.1, 0.15) is 0 Å². The Morgan fingerprint density at radius 3 is 2.72 bits per heavy atom. The normalized spacial score (nSPS) is 19.2. The second kappa shape index (κ2) is 8.71. The van der Waals surface area contributed by atoms with Crippen molar-refractivity contribution in [2.75, 3.05) is 19.6 Å². The summed E-state index contributed by atoms with van der Waals surface area (Å²) in [5.41, 5.74) is 0.512. The zero-order chi connectivity index (χ0) is 18.6. The van der Waals surface area contributed by atoms with E-state index in [-0.39, 0.29) is 24.1 Å². The van der Waals surface area contributed by atoms with Gasteiger partial charge in [0.15, 0.2) is 0 Å². The van der Waals surface area contributed by atoms with Crippen LogP contribution in [0.4, 0.5) is 0 Å². The van der Waals surface area contributed by atoms with E-state index in [4.69, 9.17) is 23.2 Å². The monoisotopic (exact) mass is 406 g/mol. The number of nitrogens with zero attached hydrogens (tertiary/aromatic N) is 1. The van der Waals surface area contributed by atoms with Crippen LogP contribution in [0, 0.1) is 11.8 Å². The zero-order valence-corrected chi connectivity index (χ0v) is 16.8. The van der Waals surface area contributed by atoms with Crippen LogP contribution in [-0.2, 0) is 20.6 Å². The van der Waals surface area contributed by atoms with Crippen molar-refractivity contribution in [2.24, 2.45) is 11.8 Å². The Morgan fingerprint density at radius 2 is 2.08 bits per heavy atom. The third-order valence-electron chi connectivity index (χ3n) is 4.19. The van der Waals surface area contributed by atoms with Gasteiger partial charge in [-0.15, -0.1) is 0 Å². The van der Waals surface area contributed by atoms with Gasteiger partial charge in [-0.05, 0) is 36.5 Å². The van der Waals surface area contributed by atoms with Crippen molar-refractivity contribution in [3.63, 3.8) is 0 Å². The number of piperidine rings is 1. The minimum Gasteiger partial charge on any atom is -0.356 e. The maximum atomic E-state index is 12.7. The quantitative estimate of drug-likeness (QED) is 0.787. The van der Waals surface area contributed by atoms with Gasteiger partial charge in [0.2, 0.25) is 15.9 Å². The lowest BCUT2D eigenvalue weighted by Gasteiger charge is -2.31. The van der Waals surface area contributed by atoms with E-state index in [1.165, 1.54) is 10.4 Å². The Kier molecular flexibility index (Phi) is 7.14. The highest BCUT2D eigenvalue weighted by Crippen LogP contribution is 2.26. The Bertz CT molecular complexity index is 723. The molecule has 1 unspecified atom stereocenters. The molecule has 1 aliphatic heterocycles. The van der Waals surface area contributed by atoms with E-state index in [0.717, 1.165) is 0 Å². The lowest BCUT2D eigenvalue weighted by atomic mass is 9.98. The summed E-state index contributed by atoms with van der Waals surface area (Å²) in [7, 11) is -3.54. The first-order valence-corrected chi connectivity index (χ1v) is 10.7. The van der Waals surface area contributed by atoms with Crippen LogP contribution < -0.4 is 5.32 Å². The highest BCUT2D eigenvalue weighted by molar-refractivity contribution is 7.88. The third-order valence-corrected chi connectivity index (χ3v) is 6.57. The van der Waals surface area contributed by atoms with Crippen molar-refractivity contribution in [3.8, 4) is 0 Å². The largest absolute Gasteiger partial charge is 0.356 e. The van der Waals surface area contributed by atoms with Gasteiger partial charge in [0.25, 0.3) is 0 Å². The molecule has 0 saturated carbocycles. The number of hydrogen-bond acceptors (Lipinski definition) is 3. The van der Waals surface area contributed by atoms with E-state index in [9.17, 15) is 13.2 Å². The van der Waals surface area contributed by atoms with Gasteiger partial charge >= 0.3 is 0 Å². The molecule has 1 heterocycles. The van der Waals surface area contributed by atoms with Crippen molar-refractivity contribution < 1.29 is 13.2 Å². The molecule has 5 nitrogen and oxygen atoms in total. The Labute approximate surface area is 159 Å². The molecule has 2 rings (SSSR count). The fourth-order valence-electron chi connectivity index (χ4n) is 2.78. The highest BCUT2D eigenvalue weighted by atomic mass is 35.5. The summed E-state index contributed by atoms with van der Waals surface area (Å²) in [6.07, 6.45) is 1.38. The first-order chi connectivity index (χ1) is 11.7. The van der Waals surface area contributed by atoms with Gasteiger partial charge in [-0.1, -0.05) is 43.1 Å². The van der Waals surface area contributed by atoms with Gasteiger partial charge in [0, 0.05) is 29.7 Å². The summed E-state index contributed by atoms with van der Waals surface area (Å²) in [6.45, 7) is 5.29. The molecular formula is C17H24Cl2N2O3S. The van der Waals surface area contributed by atoms with Crippen LogP contribution in [0.15, 0.2) is 18.2 Å². The fourth-order valence-corrected chi connectivity index (χ4v) is 4.98. The zero-order valence-electron chi connectivity index (χ0n) is 14.5. The molecule has 0 spiro atoms. The number of nitrogens with one attached hydrogen (secondary N) is 1. The van der Waals surface area contributed by atoms with E-state index >= 15 is 0 Å². The average Bonchev–Trinajstić information content (AvgIpc) is 2.55. The van der Waals surface area contributed by atoms with E-state index in [0.29, 0.717) is 47.5 Å². The molecule has 1 fully saturated rings. The van der Waals surface area contributed by atoms with Crippen LogP contribution in [0.5, 0.6) is 0 Å². The number of benzene rings is 1. The highest BCUT2D eigenvalue weighted by Gasteiger charge is 2.32. The number of halogens is 2. The van der Waals surface area contributed by atoms with E-state index in [2.05, 4.69) is 5.32 Å². The number of carbonyl (C=O) groups excluding carboxylic acids is 1. The molecule has 1 atom stereocenters. The minimum absolute atomic E-state index is 0.0712. The van der Waals surface area contributed by atoms with E-state index in [1.807, 2.05) is 13.8 Å². The van der Waals surface area contributed by atoms with Crippen LogP contribution in [0.2, 0.25) is 10.0 Å². The first kappa shape index (κ1) is 20.5. The molecule has 0 bridgehead atoms. The molecule has 1 aromatic carbocycles. The minimum atomic E-state index is -3.54. The van der Waals surface area contributed by atoms with Gasteiger partial charge in [-0.25, -0.2) is 12.7 Å². The molecule has 0 aliphatic carbocycles. The van der Waals surface area contributed by atoms with Crippen LogP contribution >= 0.6 is 23.2 Å². The summed E-state index contributed by atoms with van der Waals surface area (Å²) < 4.78 is 26.9. The smallest absolute Gasteiger partial charge is 0.224 e. The molecular weight excluding hydrogens is 383 g/mol. The van der Waals surface area contributed by atoms with Crippen molar-refractivity contribution in [1.82, 2.24) is 9.62 Å². The molecule has 1 N–H and O–H groups in total. The maximum absolute atomic E-state index is 12.7. The van der Waals surface area contributed by atoms with E-state index < -0.39 is 10.0 Å². The molecule has 140 valence electrons. The van der Waals surface area contributed by atoms with Gasteiger partial charge < -0.3 is 5.32 Å². The predicted molar refractivity (Wildman–Crippen MR) is 101 cm³/mol. The molecule has 1 amide bonds. The maximum Gasteiger partial charge on any atom is 0.224 e. The lowest BCUT2D eigenvalue weighted by molar-refractivity contribution is -0.126. The third kappa shape index (κ3) is 5.84. The second-order valence-corrected chi connectivity index (χ2v) is 9.64. The van der Waals surface area contributed by atoms with Crippen molar-refractivity contribution >= 4 is 39.1 Å². The number of sulfonamides is 1. The van der Waals surface area contributed by atoms with Crippen LogP contribution in [0.1, 0.15) is 32.3 Å². The molecule has 1 aliphatic rings. The lowest BCUT2D eigenvalue weighted by Crippen LogP contribution is -2.46. The van der Waals surface area contributed by atoms with Crippen LogP contribution in [-0.4, -0.2) is 38.3 Å². The number of rotatable bonds is 6. The Balaban J connectivity index is 2.04. The average molecular weight is 407 g/mol. The summed E-state index contributed by atoms with van der Waals surface area (Å²) in [5, 5.41) is 3.69. The molecule has 1 saturated heterocycles. The van der Waals surface area contributed by atoms with Gasteiger partial charge in [0.05, 0.1) is 11.7 Å². The molecule has 25 heavy (non-hydrogen) atoms. The predicted octanol–water partition coefficient (Wildman–Crippen LogP) is 3.31. The number of hydrogen-bond donors (Lipinski definition) is 1. The van der Waals surface area contributed by atoms with Crippen molar-refractivity contribution in [1.29, 1.82) is 0 Å². The fraction of sp³-hybridized carbons (Fsp3) is 0.588. The molecule has 1 aromatic rings. The van der Waals surface area contributed by atoms with E-state index in [1.54, 1.807) is 12.1 Å². The summed E-state index contributed by atoms with van der Waals surface area (Å²) in [5.74, 6) is -0.205. The van der Waals surface area contributed by atoms with Crippen molar-refractivity contribution in [3.05, 3.63) is 33.8 Å².